The molecule has 0 spiro atoms. The number of nitrogens with two attached hydrogens (primary N) is 1. The van der Waals surface area contributed by atoms with Gasteiger partial charge in [-0.15, -0.1) is 5.10 Å². The first-order chi connectivity index (χ1) is 9.15. The van der Waals surface area contributed by atoms with E-state index in [2.05, 4.69) is 15.5 Å². The molecule has 0 aliphatic carbocycles. The van der Waals surface area contributed by atoms with E-state index in [1.807, 2.05) is 0 Å². The van der Waals surface area contributed by atoms with Crippen molar-refractivity contribution in [3.05, 3.63) is 48.2 Å². The second-order valence-corrected chi connectivity index (χ2v) is 4.08. The van der Waals surface area contributed by atoms with E-state index in [0.29, 0.717) is 12.2 Å². The Balaban J connectivity index is 1.94. The second kappa shape index (κ2) is 5.92. The average Bonchev–Trinajstić information content (AvgIpc) is 2.42. The standard InChI is InChI=1S/C13H14N4O2/c14-11(8-9-3-5-10(18)6-4-9)13(19)16-12-2-1-7-15-17-12/h1-7,11,18H,8,14H2,(H,16,17,19)/t11-/m1/s1. The Hall–Kier alpha value is -2.47. The van der Waals surface area contributed by atoms with Crippen molar-refractivity contribution in [3.8, 4) is 5.75 Å². The molecule has 0 aliphatic heterocycles. The highest BCUT2D eigenvalue weighted by Gasteiger charge is 2.14. The molecule has 2 rings (SSSR count). The predicted molar refractivity (Wildman–Crippen MR) is 70.4 cm³/mol. The second-order valence-electron chi connectivity index (χ2n) is 4.08. The molecule has 2 aromatic rings. The molecule has 0 radical (unpaired) electrons. The highest BCUT2D eigenvalue weighted by molar-refractivity contribution is 5.93. The Morgan fingerprint density at radius 3 is 2.68 bits per heavy atom. The highest BCUT2D eigenvalue weighted by Crippen LogP contribution is 2.11. The highest BCUT2D eigenvalue weighted by atomic mass is 16.3. The van der Waals surface area contributed by atoms with Crippen LogP contribution in [0.5, 0.6) is 5.75 Å². The van der Waals surface area contributed by atoms with E-state index in [1.54, 1.807) is 36.4 Å². The molecule has 1 atom stereocenters. The number of aromatic hydroxyl groups is 1. The first-order valence-corrected chi connectivity index (χ1v) is 5.77. The van der Waals surface area contributed by atoms with E-state index in [-0.39, 0.29) is 11.7 Å². The van der Waals surface area contributed by atoms with Gasteiger partial charge in [-0.05, 0) is 36.2 Å². The van der Waals surface area contributed by atoms with E-state index < -0.39 is 6.04 Å². The van der Waals surface area contributed by atoms with Crippen molar-refractivity contribution in [1.82, 2.24) is 10.2 Å². The van der Waals surface area contributed by atoms with E-state index in [9.17, 15) is 4.79 Å². The van der Waals surface area contributed by atoms with Crippen molar-refractivity contribution in [1.29, 1.82) is 0 Å². The van der Waals surface area contributed by atoms with Crippen LogP contribution in [0, 0.1) is 0 Å². The fraction of sp³-hybridized carbons (Fsp3) is 0.154. The van der Waals surface area contributed by atoms with Gasteiger partial charge < -0.3 is 16.2 Å². The summed E-state index contributed by atoms with van der Waals surface area (Å²) in [6.45, 7) is 0. The molecule has 0 fully saturated rings. The maximum atomic E-state index is 11.8. The van der Waals surface area contributed by atoms with Gasteiger partial charge in [0, 0.05) is 6.20 Å². The number of nitrogens with zero attached hydrogens (tertiary/aromatic N) is 2. The maximum absolute atomic E-state index is 11.8. The van der Waals surface area contributed by atoms with Crippen LogP contribution >= 0.6 is 0 Å². The maximum Gasteiger partial charge on any atom is 0.242 e. The quantitative estimate of drug-likeness (QED) is 0.749. The minimum atomic E-state index is -0.688. The van der Waals surface area contributed by atoms with Gasteiger partial charge in [-0.1, -0.05) is 12.1 Å². The molecule has 4 N–H and O–H groups in total. The van der Waals surface area contributed by atoms with Gasteiger partial charge >= 0.3 is 0 Å². The Kier molecular flexibility index (Phi) is 4.04. The lowest BCUT2D eigenvalue weighted by molar-refractivity contribution is -0.117. The number of nitrogens with one attached hydrogen (secondary N) is 1. The van der Waals surface area contributed by atoms with Crippen molar-refractivity contribution in [2.75, 3.05) is 5.32 Å². The average molecular weight is 258 g/mol. The van der Waals surface area contributed by atoms with Crippen molar-refractivity contribution < 1.29 is 9.90 Å². The number of hydrogen-bond donors (Lipinski definition) is 3. The van der Waals surface area contributed by atoms with Crippen molar-refractivity contribution in [3.63, 3.8) is 0 Å². The molecule has 1 aromatic heterocycles. The zero-order chi connectivity index (χ0) is 13.7. The monoisotopic (exact) mass is 258 g/mol. The van der Waals surface area contributed by atoms with Crippen LogP contribution in [0.1, 0.15) is 5.56 Å². The van der Waals surface area contributed by atoms with Crippen molar-refractivity contribution in [2.24, 2.45) is 5.73 Å². The number of carbonyl (C=O) groups is 1. The molecule has 0 unspecified atom stereocenters. The number of phenolic OH excluding ortho intramolecular Hbond substituents is 1. The Morgan fingerprint density at radius 1 is 1.32 bits per heavy atom. The number of benzene rings is 1. The van der Waals surface area contributed by atoms with Gasteiger partial charge in [-0.2, -0.15) is 5.10 Å². The lowest BCUT2D eigenvalue weighted by Crippen LogP contribution is -2.37. The van der Waals surface area contributed by atoms with E-state index in [0.717, 1.165) is 5.56 Å². The third-order valence-corrected chi connectivity index (χ3v) is 2.55. The van der Waals surface area contributed by atoms with Crippen LogP contribution in [-0.4, -0.2) is 27.3 Å². The molecule has 1 aromatic carbocycles. The van der Waals surface area contributed by atoms with E-state index in [4.69, 9.17) is 10.8 Å². The molecule has 98 valence electrons. The van der Waals surface area contributed by atoms with Gasteiger partial charge in [0.25, 0.3) is 0 Å². The lowest BCUT2D eigenvalue weighted by atomic mass is 10.1. The molecule has 6 heteroatoms. The van der Waals surface area contributed by atoms with Gasteiger partial charge in [-0.25, -0.2) is 0 Å². The first-order valence-electron chi connectivity index (χ1n) is 5.77. The molecule has 0 saturated heterocycles. The Labute approximate surface area is 110 Å². The molecular formula is C13H14N4O2. The molecule has 0 bridgehead atoms. The first kappa shape index (κ1) is 13.0. The van der Waals surface area contributed by atoms with Gasteiger partial charge in [0.05, 0.1) is 6.04 Å². The van der Waals surface area contributed by atoms with Crippen LogP contribution in [0.15, 0.2) is 42.6 Å². The molecule has 6 nitrogen and oxygen atoms in total. The summed E-state index contributed by atoms with van der Waals surface area (Å²) in [5.41, 5.74) is 6.69. The summed E-state index contributed by atoms with van der Waals surface area (Å²) < 4.78 is 0. The number of amides is 1. The number of phenols is 1. The van der Waals surface area contributed by atoms with Crippen LogP contribution in [0.4, 0.5) is 5.82 Å². The predicted octanol–water partition coefficient (Wildman–Crippen LogP) is 0.691. The normalized spacial score (nSPS) is 11.8. The van der Waals surface area contributed by atoms with Gasteiger partial charge in [0.2, 0.25) is 5.91 Å². The topological polar surface area (TPSA) is 101 Å². The van der Waals surface area contributed by atoms with Gasteiger partial charge in [-0.3, -0.25) is 4.79 Å². The van der Waals surface area contributed by atoms with E-state index in [1.165, 1.54) is 6.20 Å². The fourth-order valence-electron chi connectivity index (χ4n) is 1.57. The number of hydrogen-bond acceptors (Lipinski definition) is 5. The molecule has 1 amide bonds. The number of rotatable bonds is 4. The zero-order valence-corrected chi connectivity index (χ0v) is 10.2. The van der Waals surface area contributed by atoms with Crippen molar-refractivity contribution in [2.45, 2.75) is 12.5 Å². The largest absolute Gasteiger partial charge is 0.508 e. The zero-order valence-electron chi connectivity index (χ0n) is 10.2. The summed E-state index contributed by atoms with van der Waals surface area (Å²) in [5.74, 6) is 0.226. The molecule has 1 heterocycles. The van der Waals surface area contributed by atoms with E-state index >= 15 is 0 Å². The summed E-state index contributed by atoms with van der Waals surface area (Å²) >= 11 is 0. The summed E-state index contributed by atoms with van der Waals surface area (Å²) in [5, 5.41) is 19.2. The Bertz CT molecular complexity index is 542. The molecule has 0 aliphatic rings. The summed E-state index contributed by atoms with van der Waals surface area (Å²) in [4.78, 5) is 11.8. The van der Waals surface area contributed by atoms with Crippen LogP contribution in [0.25, 0.3) is 0 Å². The van der Waals surface area contributed by atoms with Gasteiger partial charge in [0.1, 0.15) is 5.75 Å². The van der Waals surface area contributed by atoms with Crippen LogP contribution in [0.2, 0.25) is 0 Å². The van der Waals surface area contributed by atoms with Crippen LogP contribution in [-0.2, 0) is 11.2 Å². The third-order valence-electron chi connectivity index (χ3n) is 2.55. The third kappa shape index (κ3) is 3.75. The number of carbonyl (C=O) groups excluding carboxylic acids is 1. The van der Waals surface area contributed by atoms with Crippen LogP contribution in [0.3, 0.4) is 0 Å². The smallest absolute Gasteiger partial charge is 0.242 e. The summed E-state index contributed by atoms with van der Waals surface area (Å²) in [7, 11) is 0. The van der Waals surface area contributed by atoms with Gasteiger partial charge in [0.15, 0.2) is 5.82 Å². The summed E-state index contributed by atoms with van der Waals surface area (Å²) in [6.07, 6.45) is 1.90. The Morgan fingerprint density at radius 2 is 2.05 bits per heavy atom. The minimum absolute atomic E-state index is 0.182. The van der Waals surface area contributed by atoms with Crippen molar-refractivity contribution >= 4 is 11.7 Å². The minimum Gasteiger partial charge on any atom is -0.508 e. The molecule has 0 saturated carbocycles. The number of anilines is 1. The molecule has 19 heavy (non-hydrogen) atoms. The number of aromatic nitrogens is 2. The van der Waals surface area contributed by atoms with Crippen LogP contribution < -0.4 is 11.1 Å². The lowest BCUT2D eigenvalue weighted by Gasteiger charge is -2.11. The fourth-order valence-corrected chi connectivity index (χ4v) is 1.57. The summed E-state index contributed by atoms with van der Waals surface area (Å²) in [6, 6.07) is 9.19. The SMILES string of the molecule is N[C@H](Cc1ccc(O)cc1)C(=O)Nc1cccnn1. The molecular weight excluding hydrogens is 244 g/mol.